The van der Waals surface area contributed by atoms with Crippen LogP contribution in [0.3, 0.4) is 0 Å². The second-order valence-electron chi connectivity index (χ2n) is 11.5. The number of aromatic nitrogens is 3. The van der Waals surface area contributed by atoms with Crippen molar-refractivity contribution in [3.63, 3.8) is 0 Å². The van der Waals surface area contributed by atoms with Gasteiger partial charge >= 0.3 is 6.09 Å². The number of hydrogen-bond acceptors (Lipinski definition) is 6. The molecule has 1 unspecified atom stereocenters. The van der Waals surface area contributed by atoms with Gasteiger partial charge in [0.15, 0.2) is 0 Å². The number of benzene rings is 2. The highest BCUT2D eigenvalue weighted by atomic mass is 16.5. The summed E-state index contributed by atoms with van der Waals surface area (Å²) in [5.74, 6) is 0.176. The predicted octanol–water partition coefficient (Wildman–Crippen LogP) is 5.81. The summed E-state index contributed by atoms with van der Waals surface area (Å²) in [6.07, 6.45) is -0.167. The van der Waals surface area contributed by atoms with E-state index in [1.165, 1.54) is 4.90 Å². The molecule has 2 amide bonds. The van der Waals surface area contributed by atoms with Crippen LogP contribution in [0.25, 0.3) is 11.1 Å². The monoisotopic (exact) mass is 573 g/mol. The zero-order chi connectivity index (χ0) is 30.6. The molecule has 0 radical (unpaired) electrons. The van der Waals surface area contributed by atoms with Gasteiger partial charge in [-0.15, -0.1) is 0 Å². The molecule has 0 aliphatic rings. The summed E-state index contributed by atoms with van der Waals surface area (Å²) in [4.78, 5) is 48.0. The zero-order valence-corrected chi connectivity index (χ0v) is 25.1. The summed E-state index contributed by atoms with van der Waals surface area (Å²) in [6.45, 7) is 11.8. The van der Waals surface area contributed by atoms with Gasteiger partial charge in [-0.2, -0.15) is 4.98 Å². The Morgan fingerprint density at radius 1 is 1.02 bits per heavy atom. The average Bonchev–Trinajstić information content (AvgIpc) is 3.32. The van der Waals surface area contributed by atoms with Crippen molar-refractivity contribution in [2.24, 2.45) is 0 Å². The highest BCUT2D eigenvalue weighted by Crippen LogP contribution is 2.28. The molecule has 1 atom stereocenters. The first-order valence-electron chi connectivity index (χ1n) is 14.2. The van der Waals surface area contributed by atoms with Gasteiger partial charge < -0.3 is 19.4 Å². The van der Waals surface area contributed by atoms with Gasteiger partial charge in [-0.3, -0.25) is 14.2 Å². The number of rotatable bonds is 10. The molecule has 0 aliphatic carbocycles. The second-order valence-corrected chi connectivity index (χ2v) is 11.5. The molecular formula is C32H39N5O5. The minimum atomic E-state index is -1.02. The second kappa shape index (κ2) is 12.6. The van der Waals surface area contributed by atoms with Crippen molar-refractivity contribution in [2.75, 3.05) is 13.1 Å². The SMILES string of the molecule is CCC(c1nc2onc(C)c2c(=O)n1Cc1ccccc1)N(CCCN(C(=O)O)C(C)(C)C)C(=O)c1ccccc1C. The van der Waals surface area contributed by atoms with Gasteiger partial charge in [0.1, 0.15) is 11.2 Å². The third-order valence-electron chi connectivity index (χ3n) is 7.50. The molecule has 10 nitrogen and oxygen atoms in total. The number of nitrogens with zero attached hydrogens (tertiary/aromatic N) is 5. The number of carbonyl (C=O) groups is 2. The van der Waals surface area contributed by atoms with Crippen molar-refractivity contribution in [3.8, 4) is 0 Å². The number of fused-ring (bicyclic) bond motifs is 1. The molecule has 0 fully saturated rings. The van der Waals surface area contributed by atoms with E-state index in [-0.39, 0.29) is 36.8 Å². The van der Waals surface area contributed by atoms with Gasteiger partial charge in [0, 0.05) is 24.2 Å². The van der Waals surface area contributed by atoms with Crippen molar-refractivity contribution in [3.05, 3.63) is 93.2 Å². The molecule has 42 heavy (non-hydrogen) atoms. The summed E-state index contributed by atoms with van der Waals surface area (Å²) >= 11 is 0. The molecule has 10 heteroatoms. The summed E-state index contributed by atoms with van der Waals surface area (Å²) < 4.78 is 7.04. The lowest BCUT2D eigenvalue weighted by atomic mass is 10.0. The first-order chi connectivity index (χ1) is 19.9. The Morgan fingerprint density at radius 2 is 1.69 bits per heavy atom. The van der Waals surface area contributed by atoms with Crippen molar-refractivity contribution in [1.29, 1.82) is 0 Å². The summed E-state index contributed by atoms with van der Waals surface area (Å²) in [6, 6.07) is 16.4. The van der Waals surface area contributed by atoms with Crippen molar-refractivity contribution in [1.82, 2.24) is 24.5 Å². The van der Waals surface area contributed by atoms with Crippen LogP contribution in [0.2, 0.25) is 0 Å². The van der Waals surface area contributed by atoms with E-state index in [0.29, 0.717) is 35.3 Å². The van der Waals surface area contributed by atoms with Crippen LogP contribution in [0.1, 0.15) is 79.6 Å². The molecule has 2 aromatic heterocycles. The Balaban J connectivity index is 1.83. The van der Waals surface area contributed by atoms with Crippen LogP contribution in [-0.2, 0) is 6.54 Å². The average molecular weight is 574 g/mol. The highest BCUT2D eigenvalue weighted by molar-refractivity contribution is 5.96. The topological polar surface area (TPSA) is 122 Å². The third-order valence-corrected chi connectivity index (χ3v) is 7.50. The fourth-order valence-corrected chi connectivity index (χ4v) is 5.28. The number of hydrogen-bond donors (Lipinski definition) is 1. The van der Waals surface area contributed by atoms with Crippen molar-refractivity contribution < 1.29 is 19.2 Å². The number of amides is 2. The minimum Gasteiger partial charge on any atom is -0.465 e. The maximum Gasteiger partial charge on any atom is 0.407 e. The molecule has 4 rings (SSSR count). The zero-order valence-electron chi connectivity index (χ0n) is 25.1. The van der Waals surface area contributed by atoms with Crippen molar-refractivity contribution in [2.45, 2.75) is 72.5 Å². The van der Waals surface area contributed by atoms with Gasteiger partial charge in [-0.05, 0) is 64.7 Å². The van der Waals surface area contributed by atoms with E-state index in [1.807, 2.05) is 83.1 Å². The molecule has 222 valence electrons. The van der Waals surface area contributed by atoms with Crippen LogP contribution in [0.5, 0.6) is 0 Å². The van der Waals surface area contributed by atoms with Crippen LogP contribution in [0.4, 0.5) is 4.79 Å². The maximum absolute atomic E-state index is 14.2. The quantitative estimate of drug-likeness (QED) is 0.254. The van der Waals surface area contributed by atoms with Crippen LogP contribution in [-0.4, -0.2) is 60.2 Å². The van der Waals surface area contributed by atoms with E-state index in [0.717, 1.165) is 11.1 Å². The maximum atomic E-state index is 14.2. The fraction of sp³-hybridized carbons (Fsp3) is 0.406. The first kappa shape index (κ1) is 30.5. The largest absolute Gasteiger partial charge is 0.465 e. The Labute approximate surface area is 245 Å². The Bertz CT molecular complexity index is 1620. The lowest BCUT2D eigenvalue weighted by molar-refractivity contribution is 0.0628. The number of aryl methyl sites for hydroxylation is 2. The normalized spacial score (nSPS) is 12.3. The van der Waals surface area contributed by atoms with Gasteiger partial charge in [0.2, 0.25) is 0 Å². The van der Waals surface area contributed by atoms with Gasteiger partial charge in [-0.1, -0.05) is 60.6 Å². The lowest BCUT2D eigenvalue weighted by Gasteiger charge is -2.36. The third kappa shape index (κ3) is 6.37. The molecule has 0 bridgehead atoms. The Kier molecular flexibility index (Phi) is 9.14. The molecular weight excluding hydrogens is 534 g/mol. The lowest BCUT2D eigenvalue weighted by Crippen LogP contribution is -2.46. The van der Waals surface area contributed by atoms with Crippen LogP contribution in [0, 0.1) is 13.8 Å². The van der Waals surface area contributed by atoms with E-state index >= 15 is 0 Å². The van der Waals surface area contributed by atoms with Gasteiger partial charge in [-0.25, -0.2) is 4.79 Å². The fourth-order valence-electron chi connectivity index (χ4n) is 5.28. The van der Waals surface area contributed by atoms with Crippen LogP contribution < -0.4 is 5.56 Å². The van der Waals surface area contributed by atoms with E-state index in [2.05, 4.69) is 5.16 Å². The number of carbonyl (C=O) groups excluding carboxylic acids is 1. The molecule has 0 saturated carbocycles. The summed E-state index contributed by atoms with van der Waals surface area (Å²) in [5.41, 5.74) is 1.95. The van der Waals surface area contributed by atoms with E-state index in [9.17, 15) is 19.5 Å². The van der Waals surface area contributed by atoms with Crippen LogP contribution >= 0.6 is 0 Å². The molecule has 2 aromatic carbocycles. The molecule has 1 N–H and O–H groups in total. The predicted molar refractivity (Wildman–Crippen MR) is 161 cm³/mol. The molecule has 0 saturated heterocycles. The van der Waals surface area contributed by atoms with Crippen LogP contribution in [0.15, 0.2) is 63.9 Å². The standard InChI is InChI=1S/C32H39N5O5/c1-7-25(27-33-28-26(22(3)34-42-28)30(39)36(27)20-23-15-9-8-10-16-23)35(29(38)24-17-12-11-14-21(24)2)18-13-19-37(31(40)41)32(4,5)6/h8-12,14-17,25H,7,13,18-20H2,1-6H3,(H,40,41). The summed E-state index contributed by atoms with van der Waals surface area (Å²) in [5, 5.41) is 14.1. The molecule has 4 aromatic rings. The summed E-state index contributed by atoms with van der Waals surface area (Å²) in [7, 11) is 0. The van der Waals surface area contributed by atoms with E-state index in [1.54, 1.807) is 22.5 Å². The molecule has 0 spiro atoms. The molecule has 2 heterocycles. The smallest absolute Gasteiger partial charge is 0.407 e. The van der Waals surface area contributed by atoms with E-state index < -0.39 is 17.7 Å². The number of carboxylic acid groups (broad SMARTS) is 1. The Morgan fingerprint density at radius 3 is 2.31 bits per heavy atom. The minimum absolute atomic E-state index is 0.128. The van der Waals surface area contributed by atoms with Crippen molar-refractivity contribution >= 4 is 23.1 Å². The highest BCUT2D eigenvalue weighted by Gasteiger charge is 2.32. The molecule has 0 aliphatic heterocycles. The Hall–Kier alpha value is -4.47. The van der Waals surface area contributed by atoms with Gasteiger partial charge in [0.05, 0.1) is 18.3 Å². The van der Waals surface area contributed by atoms with Gasteiger partial charge in [0.25, 0.3) is 17.2 Å². The van der Waals surface area contributed by atoms with E-state index in [4.69, 9.17) is 9.51 Å². The first-order valence-corrected chi connectivity index (χ1v) is 14.2.